The number of hydrogen-bond donors (Lipinski definition) is 1. The molecule has 1 heterocycles. The number of carbonyl (C=O) groups is 1. The first-order valence-electron chi connectivity index (χ1n) is 3.43. The molecule has 0 aliphatic carbocycles. The molecule has 1 aromatic rings. The largest absolute Gasteiger partial charge is 0.370 e. The number of carbonyl (C=O) groups excluding carboxylic acids is 1. The van der Waals surface area contributed by atoms with E-state index >= 15 is 0 Å². The van der Waals surface area contributed by atoms with Crippen molar-refractivity contribution in [3.05, 3.63) is 23.2 Å². The SMILES string of the molecule is NC(=O)CCc1ncc(Cl)cn1. The Morgan fingerprint density at radius 3 is 2.58 bits per heavy atom. The number of aryl methyl sites for hydroxylation is 1. The second kappa shape index (κ2) is 4.01. The van der Waals surface area contributed by atoms with Gasteiger partial charge in [-0.3, -0.25) is 4.79 Å². The molecule has 0 fully saturated rings. The van der Waals surface area contributed by atoms with Crippen molar-refractivity contribution >= 4 is 17.5 Å². The van der Waals surface area contributed by atoms with Crippen LogP contribution in [0, 0.1) is 0 Å². The zero-order valence-electron chi connectivity index (χ0n) is 6.33. The number of primary amides is 1. The van der Waals surface area contributed by atoms with Crippen LogP contribution in [-0.4, -0.2) is 15.9 Å². The van der Waals surface area contributed by atoms with Crippen molar-refractivity contribution in [2.75, 3.05) is 0 Å². The number of nitrogens with two attached hydrogens (primary N) is 1. The molecule has 1 aromatic heterocycles. The molecule has 0 aromatic carbocycles. The van der Waals surface area contributed by atoms with E-state index in [1.165, 1.54) is 12.4 Å². The van der Waals surface area contributed by atoms with Crippen LogP contribution in [0.4, 0.5) is 0 Å². The Balaban J connectivity index is 2.53. The summed E-state index contributed by atoms with van der Waals surface area (Å²) in [5.41, 5.74) is 4.95. The highest BCUT2D eigenvalue weighted by molar-refractivity contribution is 6.30. The highest BCUT2D eigenvalue weighted by atomic mass is 35.5. The predicted octanol–water partition coefficient (Wildman–Crippen LogP) is 0.548. The Morgan fingerprint density at radius 1 is 1.50 bits per heavy atom. The van der Waals surface area contributed by atoms with Crippen LogP contribution in [0.3, 0.4) is 0 Å². The summed E-state index contributed by atoms with van der Waals surface area (Å²) in [6, 6.07) is 0. The zero-order chi connectivity index (χ0) is 8.97. The van der Waals surface area contributed by atoms with Gasteiger partial charge in [0.2, 0.25) is 5.91 Å². The van der Waals surface area contributed by atoms with Crippen LogP contribution < -0.4 is 5.73 Å². The minimum Gasteiger partial charge on any atom is -0.370 e. The third-order valence-corrected chi connectivity index (χ3v) is 1.46. The maximum Gasteiger partial charge on any atom is 0.217 e. The molecule has 0 aliphatic rings. The fraction of sp³-hybridized carbons (Fsp3) is 0.286. The number of amides is 1. The molecule has 4 nitrogen and oxygen atoms in total. The van der Waals surface area contributed by atoms with E-state index in [2.05, 4.69) is 9.97 Å². The van der Waals surface area contributed by atoms with Gasteiger partial charge in [-0.25, -0.2) is 9.97 Å². The Bertz CT molecular complexity index is 272. The number of halogens is 1. The Morgan fingerprint density at radius 2 is 2.08 bits per heavy atom. The molecule has 2 N–H and O–H groups in total. The van der Waals surface area contributed by atoms with Gasteiger partial charge in [0.05, 0.1) is 5.02 Å². The Kier molecular flexibility index (Phi) is 2.99. The summed E-state index contributed by atoms with van der Waals surface area (Å²) in [5.74, 6) is 0.228. The van der Waals surface area contributed by atoms with Gasteiger partial charge in [0.1, 0.15) is 5.82 Å². The molecule has 1 rings (SSSR count). The number of aromatic nitrogens is 2. The summed E-state index contributed by atoms with van der Waals surface area (Å²) in [6.07, 6.45) is 3.71. The molecule has 0 radical (unpaired) electrons. The number of rotatable bonds is 3. The molecule has 0 saturated heterocycles. The summed E-state index contributed by atoms with van der Waals surface area (Å²) < 4.78 is 0. The van der Waals surface area contributed by atoms with Crippen LogP contribution in [0.15, 0.2) is 12.4 Å². The minimum atomic E-state index is -0.353. The quantitative estimate of drug-likeness (QED) is 0.748. The van der Waals surface area contributed by atoms with Crippen molar-refractivity contribution in [3.8, 4) is 0 Å². The average molecular weight is 186 g/mol. The first kappa shape index (κ1) is 8.93. The standard InChI is InChI=1S/C7H8ClN3O/c8-5-3-10-7(11-4-5)2-1-6(9)12/h3-4H,1-2H2,(H2,9,12). The van der Waals surface area contributed by atoms with Gasteiger partial charge in [0.25, 0.3) is 0 Å². The zero-order valence-corrected chi connectivity index (χ0v) is 7.08. The van der Waals surface area contributed by atoms with E-state index in [9.17, 15) is 4.79 Å². The van der Waals surface area contributed by atoms with Gasteiger partial charge in [-0.05, 0) is 0 Å². The van der Waals surface area contributed by atoms with Crippen molar-refractivity contribution in [3.63, 3.8) is 0 Å². The van der Waals surface area contributed by atoms with Crippen molar-refractivity contribution in [2.45, 2.75) is 12.8 Å². The highest BCUT2D eigenvalue weighted by Gasteiger charge is 1.99. The summed E-state index contributed by atoms with van der Waals surface area (Å²) >= 11 is 5.56. The lowest BCUT2D eigenvalue weighted by Crippen LogP contribution is -2.12. The predicted molar refractivity (Wildman–Crippen MR) is 44.6 cm³/mol. The third kappa shape index (κ3) is 2.84. The molecule has 12 heavy (non-hydrogen) atoms. The van der Waals surface area contributed by atoms with E-state index in [0.29, 0.717) is 17.3 Å². The van der Waals surface area contributed by atoms with Crippen LogP contribution in [-0.2, 0) is 11.2 Å². The molecule has 1 amide bonds. The molecule has 0 aliphatic heterocycles. The van der Waals surface area contributed by atoms with E-state index in [4.69, 9.17) is 17.3 Å². The number of nitrogens with zero attached hydrogens (tertiary/aromatic N) is 2. The topological polar surface area (TPSA) is 68.9 Å². The fourth-order valence-corrected chi connectivity index (χ4v) is 0.801. The van der Waals surface area contributed by atoms with Crippen molar-refractivity contribution in [1.29, 1.82) is 0 Å². The minimum absolute atomic E-state index is 0.266. The second-order valence-electron chi connectivity index (χ2n) is 2.28. The monoisotopic (exact) mass is 185 g/mol. The lowest BCUT2D eigenvalue weighted by molar-refractivity contribution is -0.118. The second-order valence-corrected chi connectivity index (χ2v) is 2.72. The van der Waals surface area contributed by atoms with Crippen LogP contribution in [0.1, 0.15) is 12.2 Å². The van der Waals surface area contributed by atoms with Gasteiger partial charge in [-0.2, -0.15) is 0 Å². The van der Waals surface area contributed by atoms with Gasteiger partial charge < -0.3 is 5.73 Å². The summed E-state index contributed by atoms with van der Waals surface area (Å²) in [5, 5.41) is 0.484. The van der Waals surface area contributed by atoms with Crippen LogP contribution in [0.2, 0.25) is 5.02 Å². The summed E-state index contributed by atoms with van der Waals surface area (Å²) in [4.78, 5) is 18.2. The van der Waals surface area contributed by atoms with E-state index in [0.717, 1.165) is 0 Å². The molecule has 0 atom stereocenters. The fourth-order valence-electron chi connectivity index (χ4n) is 0.703. The van der Waals surface area contributed by atoms with Gasteiger partial charge in [-0.1, -0.05) is 11.6 Å². The summed E-state index contributed by atoms with van der Waals surface area (Å²) in [6.45, 7) is 0. The third-order valence-electron chi connectivity index (χ3n) is 1.27. The average Bonchev–Trinajstić information content (AvgIpc) is 2.03. The van der Waals surface area contributed by atoms with Crippen molar-refractivity contribution < 1.29 is 4.79 Å². The van der Waals surface area contributed by atoms with Gasteiger partial charge in [-0.15, -0.1) is 0 Å². The molecule has 0 saturated carbocycles. The Labute approximate surface area is 74.8 Å². The first-order valence-corrected chi connectivity index (χ1v) is 3.81. The van der Waals surface area contributed by atoms with Crippen molar-refractivity contribution in [2.24, 2.45) is 5.73 Å². The van der Waals surface area contributed by atoms with Crippen molar-refractivity contribution in [1.82, 2.24) is 9.97 Å². The van der Waals surface area contributed by atoms with Gasteiger partial charge in [0, 0.05) is 25.2 Å². The molecular formula is C7H8ClN3O. The van der Waals surface area contributed by atoms with Crippen LogP contribution >= 0.6 is 11.6 Å². The molecular weight excluding hydrogens is 178 g/mol. The van der Waals surface area contributed by atoms with E-state index in [1.54, 1.807) is 0 Å². The van der Waals surface area contributed by atoms with E-state index in [-0.39, 0.29) is 12.3 Å². The Hall–Kier alpha value is -1.16. The smallest absolute Gasteiger partial charge is 0.217 e. The van der Waals surface area contributed by atoms with E-state index < -0.39 is 0 Å². The first-order chi connectivity index (χ1) is 5.68. The molecule has 0 bridgehead atoms. The molecule has 0 spiro atoms. The number of hydrogen-bond acceptors (Lipinski definition) is 3. The maximum absolute atomic E-state index is 10.4. The maximum atomic E-state index is 10.4. The normalized spacial score (nSPS) is 9.75. The van der Waals surface area contributed by atoms with Gasteiger partial charge >= 0.3 is 0 Å². The lowest BCUT2D eigenvalue weighted by Gasteiger charge is -1.95. The molecule has 5 heteroatoms. The summed E-state index contributed by atoms with van der Waals surface area (Å²) in [7, 11) is 0. The highest BCUT2D eigenvalue weighted by Crippen LogP contribution is 2.03. The molecule has 0 unspecified atom stereocenters. The molecule has 64 valence electrons. The van der Waals surface area contributed by atoms with Crippen LogP contribution in [0.25, 0.3) is 0 Å². The van der Waals surface area contributed by atoms with Crippen LogP contribution in [0.5, 0.6) is 0 Å². The van der Waals surface area contributed by atoms with Gasteiger partial charge in [0.15, 0.2) is 0 Å². The lowest BCUT2D eigenvalue weighted by atomic mass is 10.3. The van der Waals surface area contributed by atoms with E-state index in [1.807, 2.05) is 0 Å².